The van der Waals surface area contributed by atoms with E-state index in [0.29, 0.717) is 34.7 Å². The summed E-state index contributed by atoms with van der Waals surface area (Å²) in [6.07, 6.45) is 2.45. The number of carbonyl (C=O) groups excluding carboxylic acids is 1. The van der Waals surface area contributed by atoms with Gasteiger partial charge in [0.25, 0.3) is 0 Å². The van der Waals surface area contributed by atoms with Crippen LogP contribution in [-0.4, -0.2) is 36.5 Å². The van der Waals surface area contributed by atoms with Crippen LogP contribution in [0.25, 0.3) is 0 Å². The Morgan fingerprint density at radius 2 is 2.27 bits per heavy atom. The van der Waals surface area contributed by atoms with Gasteiger partial charge in [-0.05, 0) is 43.9 Å². The molecule has 2 atom stereocenters. The highest BCUT2D eigenvalue weighted by Gasteiger charge is 2.25. The number of carbonyl (C=O) groups is 1. The normalized spacial score (nSPS) is 19.8. The summed E-state index contributed by atoms with van der Waals surface area (Å²) in [5.74, 6) is 1.05. The topological polar surface area (TPSA) is 55.6 Å². The number of hydrogen-bond donors (Lipinski definition) is 1. The van der Waals surface area contributed by atoms with Crippen molar-refractivity contribution in [3.05, 3.63) is 28.2 Å². The van der Waals surface area contributed by atoms with Crippen molar-refractivity contribution in [3.8, 4) is 5.75 Å². The second-order valence-electron chi connectivity index (χ2n) is 5.77. The molecule has 4 nitrogen and oxygen atoms in total. The molecule has 1 fully saturated rings. The number of hydrogen-bond acceptors (Lipinski definition) is 3. The second-order valence-corrected chi connectivity index (χ2v) is 6.62. The molecule has 1 aliphatic rings. The van der Waals surface area contributed by atoms with Crippen molar-refractivity contribution < 1.29 is 9.53 Å². The Labute approximate surface area is 141 Å². The van der Waals surface area contributed by atoms with E-state index in [4.69, 9.17) is 33.7 Å². The summed E-state index contributed by atoms with van der Waals surface area (Å²) >= 11 is 11.9. The molecule has 0 bridgehead atoms. The van der Waals surface area contributed by atoms with E-state index in [1.54, 1.807) is 18.2 Å². The number of amides is 1. The zero-order valence-corrected chi connectivity index (χ0v) is 14.2. The van der Waals surface area contributed by atoms with E-state index in [9.17, 15) is 4.79 Å². The smallest absolute Gasteiger partial charge is 0.226 e. The maximum absolute atomic E-state index is 12.2. The van der Waals surface area contributed by atoms with E-state index in [0.717, 1.165) is 25.9 Å². The molecule has 2 N–H and O–H groups in total. The van der Waals surface area contributed by atoms with Crippen LogP contribution in [0.4, 0.5) is 0 Å². The molecule has 22 heavy (non-hydrogen) atoms. The van der Waals surface area contributed by atoms with Crippen LogP contribution in [-0.2, 0) is 4.79 Å². The zero-order valence-electron chi connectivity index (χ0n) is 12.7. The van der Waals surface area contributed by atoms with Gasteiger partial charge in [0, 0.05) is 24.2 Å². The first-order chi connectivity index (χ1) is 10.5. The monoisotopic (exact) mass is 344 g/mol. The average molecular weight is 345 g/mol. The number of ether oxygens (including phenoxy) is 1. The average Bonchev–Trinajstić information content (AvgIpc) is 2.49. The van der Waals surface area contributed by atoms with Crippen LogP contribution in [0.5, 0.6) is 5.75 Å². The van der Waals surface area contributed by atoms with Gasteiger partial charge in [0.2, 0.25) is 5.91 Å². The number of nitrogens with two attached hydrogens (primary N) is 1. The quantitative estimate of drug-likeness (QED) is 0.890. The first kappa shape index (κ1) is 17.4. The summed E-state index contributed by atoms with van der Waals surface area (Å²) in [5, 5.41) is 1.01. The van der Waals surface area contributed by atoms with E-state index in [2.05, 4.69) is 0 Å². The number of likely N-dealkylation sites (tertiary alicyclic amines) is 1. The molecular weight excluding hydrogens is 323 g/mol. The Hall–Kier alpha value is -0.970. The molecule has 1 aliphatic heterocycles. The van der Waals surface area contributed by atoms with Gasteiger partial charge >= 0.3 is 0 Å². The maximum Gasteiger partial charge on any atom is 0.226 e. The molecule has 122 valence electrons. The SMILES string of the molecule is CC(N)C1CCCN(C(=O)CCOc2ccc(Cl)cc2Cl)C1. The van der Waals surface area contributed by atoms with Gasteiger partial charge in [-0.2, -0.15) is 0 Å². The molecule has 0 saturated carbocycles. The van der Waals surface area contributed by atoms with Gasteiger partial charge in [0.1, 0.15) is 5.75 Å². The molecule has 1 aromatic rings. The molecule has 0 aromatic heterocycles. The molecule has 1 aromatic carbocycles. The van der Waals surface area contributed by atoms with Crippen molar-refractivity contribution in [2.75, 3.05) is 19.7 Å². The Kier molecular flexibility index (Phi) is 6.36. The third-order valence-electron chi connectivity index (χ3n) is 4.02. The van der Waals surface area contributed by atoms with Crippen LogP contribution in [0.15, 0.2) is 18.2 Å². The van der Waals surface area contributed by atoms with E-state index in [-0.39, 0.29) is 11.9 Å². The van der Waals surface area contributed by atoms with Gasteiger partial charge in [0.05, 0.1) is 18.1 Å². The van der Waals surface area contributed by atoms with Gasteiger partial charge in [-0.1, -0.05) is 23.2 Å². The fourth-order valence-electron chi connectivity index (χ4n) is 2.66. The summed E-state index contributed by atoms with van der Waals surface area (Å²) in [7, 11) is 0. The van der Waals surface area contributed by atoms with Crippen molar-refractivity contribution in [2.45, 2.75) is 32.2 Å². The van der Waals surface area contributed by atoms with Gasteiger partial charge in [-0.3, -0.25) is 4.79 Å². The third-order valence-corrected chi connectivity index (χ3v) is 4.55. The van der Waals surface area contributed by atoms with Gasteiger partial charge in [-0.25, -0.2) is 0 Å². The number of benzene rings is 1. The van der Waals surface area contributed by atoms with Crippen molar-refractivity contribution in [1.82, 2.24) is 4.90 Å². The van der Waals surface area contributed by atoms with Crippen LogP contribution in [0.3, 0.4) is 0 Å². The zero-order chi connectivity index (χ0) is 16.1. The molecule has 2 unspecified atom stereocenters. The number of rotatable bonds is 5. The lowest BCUT2D eigenvalue weighted by molar-refractivity contribution is -0.133. The van der Waals surface area contributed by atoms with Crippen molar-refractivity contribution >= 4 is 29.1 Å². The van der Waals surface area contributed by atoms with Crippen LogP contribution in [0, 0.1) is 5.92 Å². The predicted molar refractivity (Wildman–Crippen MR) is 89.5 cm³/mol. The third kappa shape index (κ3) is 4.77. The van der Waals surface area contributed by atoms with Crippen LogP contribution < -0.4 is 10.5 Å². The Morgan fingerprint density at radius 1 is 1.50 bits per heavy atom. The predicted octanol–water partition coefficient (Wildman–Crippen LogP) is 3.35. The Bertz CT molecular complexity index is 523. The van der Waals surface area contributed by atoms with Crippen LogP contribution >= 0.6 is 23.2 Å². The molecule has 1 heterocycles. The lowest BCUT2D eigenvalue weighted by Gasteiger charge is -2.34. The molecule has 0 radical (unpaired) electrons. The van der Waals surface area contributed by atoms with Crippen LogP contribution in [0.1, 0.15) is 26.2 Å². The minimum Gasteiger partial charge on any atom is -0.491 e. The second kappa shape index (κ2) is 8.04. The molecular formula is C16H22Cl2N2O2. The van der Waals surface area contributed by atoms with Gasteiger partial charge in [-0.15, -0.1) is 0 Å². The molecule has 2 rings (SSSR count). The van der Waals surface area contributed by atoms with E-state index >= 15 is 0 Å². The van der Waals surface area contributed by atoms with E-state index < -0.39 is 0 Å². The Balaban J connectivity index is 1.80. The van der Waals surface area contributed by atoms with E-state index in [1.165, 1.54) is 0 Å². The highest BCUT2D eigenvalue weighted by atomic mass is 35.5. The van der Waals surface area contributed by atoms with Crippen molar-refractivity contribution in [3.63, 3.8) is 0 Å². The summed E-state index contributed by atoms with van der Waals surface area (Å²) in [6, 6.07) is 5.17. The molecule has 1 amide bonds. The number of halogens is 2. The largest absolute Gasteiger partial charge is 0.491 e. The summed E-state index contributed by atoms with van der Waals surface area (Å²) < 4.78 is 5.56. The molecule has 0 spiro atoms. The maximum atomic E-state index is 12.2. The molecule has 6 heteroatoms. The standard InChI is InChI=1S/C16H22Cl2N2O2/c1-11(19)12-3-2-7-20(10-12)16(21)6-8-22-15-5-4-13(17)9-14(15)18/h4-5,9,11-12H,2-3,6-8,10,19H2,1H3. The Morgan fingerprint density at radius 3 is 2.95 bits per heavy atom. The highest BCUT2D eigenvalue weighted by molar-refractivity contribution is 6.35. The fraction of sp³-hybridized carbons (Fsp3) is 0.562. The number of nitrogens with zero attached hydrogens (tertiary/aromatic N) is 1. The molecule has 1 saturated heterocycles. The summed E-state index contributed by atoms with van der Waals surface area (Å²) in [6.45, 7) is 3.87. The first-order valence-electron chi connectivity index (χ1n) is 7.58. The van der Waals surface area contributed by atoms with Crippen LogP contribution in [0.2, 0.25) is 10.0 Å². The van der Waals surface area contributed by atoms with Gasteiger partial charge < -0.3 is 15.4 Å². The lowest BCUT2D eigenvalue weighted by atomic mass is 9.92. The van der Waals surface area contributed by atoms with Crippen molar-refractivity contribution in [1.29, 1.82) is 0 Å². The summed E-state index contributed by atoms with van der Waals surface area (Å²) in [5.41, 5.74) is 5.95. The first-order valence-corrected chi connectivity index (χ1v) is 8.34. The van der Waals surface area contributed by atoms with Gasteiger partial charge in [0.15, 0.2) is 0 Å². The molecule has 0 aliphatic carbocycles. The fourth-order valence-corrected chi connectivity index (χ4v) is 3.13. The minimum absolute atomic E-state index is 0.107. The highest BCUT2D eigenvalue weighted by Crippen LogP contribution is 2.27. The minimum atomic E-state index is 0.107. The van der Waals surface area contributed by atoms with E-state index in [1.807, 2.05) is 11.8 Å². The number of piperidine rings is 1. The summed E-state index contributed by atoms with van der Waals surface area (Å²) in [4.78, 5) is 14.1. The van der Waals surface area contributed by atoms with Crippen molar-refractivity contribution in [2.24, 2.45) is 11.7 Å². The lowest BCUT2D eigenvalue weighted by Crippen LogP contribution is -2.45.